The van der Waals surface area contributed by atoms with Crippen LogP contribution in [0.2, 0.25) is 19.6 Å². The van der Waals surface area contributed by atoms with E-state index in [9.17, 15) is 0 Å². The molecule has 1 aromatic rings. The molecule has 0 aliphatic carbocycles. The fourth-order valence-corrected chi connectivity index (χ4v) is 2.02. The van der Waals surface area contributed by atoms with Gasteiger partial charge in [0.2, 0.25) is 0 Å². The van der Waals surface area contributed by atoms with Crippen molar-refractivity contribution in [2.75, 3.05) is 12.8 Å². The molecular weight excluding hydrogens is 282 g/mol. The summed E-state index contributed by atoms with van der Waals surface area (Å²) in [5, 5.41) is 0. The number of rotatable bonds is 1. The Labute approximate surface area is 106 Å². The van der Waals surface area contributed by atoms with Gasteiger partial charge in [0.05, 0.1) is 18.4 Å². The zero-order chi connectivity index (χ0) is 12.3. The van der Waals surface area contributed by atoms with E-state index in [0.29, 0.717) is 5.69 Å². The van der Waals surface area contributed by atoms with Gasteiger partial charge in [0, 0.05) is 4.47 Å². The molecule has 1 aromatic carbocycles. The van der Waals surface area contributed by atoms with Gasteiger partial charge in [-0.25, -0.2) is 0 Å². The summed E-state index contributed by atoms with van der Waals surface area (Å²) in [4.78, 5) is 0. The Morgan fingerprint density at radius 1 is 1.31 bits per heavy atom. The third-order valence-electron chi connectivity index (χ3n) is 1.91. The molecule has 86 valence electrons. The minimum absolute atomic E-state index is 0.673. The van der Waals surface area contributed by atoms with Crippen LogP contribution >= 0.6 is 15.9 Å². The maximum atomic E-state index is 5.95. The van der Waals surface area contributed by atoms with Gasteiger partial charge in [-0.3, -0.25) is 0 Å². The predicted molar refractivity (Wildman–Crippen MR) is 75.3 cm³/mol. The molecule has 0 fully saturated rings. The van der Waals surface area contributed by atoms with Gasteiger partial charge in [-0.2, -0.15) is 0 Å². The molecule has 2 nitrogen and oxygen atoms in total. The lowest BCUT2D eigenvalue weighted by atomic mass is 10.2. The highest BCUT2D eigenvalue weighted by molar-refractivity contribution is 9.10. The average Bonchev–Trinajstić information content (AvgIpc) is 2.18. The Morgan fingerprint density at radius 2 is 1.94 bits per heavy atom. The molecule has 0 heterocycles. The summed E-state index contributed by atoms with van der Waals surface area (Å²) < 4.78 is 6.01. The maximum absolute atomic E-state index is 5.95. The highest BCUT2D eigenvalue weighted by Crippen LogP contribution is 2.28. The van der Waals surface area contributed by atoms with E-state index >= 15 is 0 Å². The number of nitrogens with two attached hydrogens (primary N) is 1. The van der Waals surface area contributed by atoms with Crippen LogP contribution in [-0.4, -0.2) is 15.2 Å². The molecule has 0 spiro atoms. The zero-order valence-electron chi connectivity index (χ0n) is 10.0. The van der Waals surface area contributed by atoms with Gasteiger partial charge in [-0.1, -0.05) is 25.6 Å². The summed E-state index contributed by atoms with van der Waals surface area (Å²) in [6.45, 7) is 6.60. The molecule has 0 bridgehead atoms. The Hall–Kier alpha value is -0.923. The Kier molecular flexibility index (Phi) is 4.06. The van der Waals surface area contributed by atoms with Gasteiger partial charge in [0.25, 0.3) is 0 Å². The van der Waals surface area contributed by atoms with E-state index in [-0.39, 0.29) is 0 Å². The molecule has 1 rings (SSSR count). The fourth-order valence-electron chi connectivity index (χ4n) is 1.07. The first-order valence-corrected chi connectivity index (χ1v) is 9.29. The number of nitrogen functional groups attached to an aromatic ring is 1. The van der Waals surface area contributed by atoms with Crippen LogP contribution in [0.25, 0.3) is 0 Å². The largest absolute Gasteiger partial charge is 0.497 e. The first-order valence-electron chi connectivity index (χ1n) is 4.99. The number of benzene rings is 1. The SMILES string of the molecule is COc1cc(Br)c(N)c(C#C[Si](C)(C)C)c1. The number of halogens is 1. The topological polar surface area (TPSA) is 35.2 Å². The van der Waals surface area contributed by atoms with Crippen molar-refractivity contribution >= 4 is 29.7 Å². The Bertz CT molecular complexity index is 455. The zero-order valence-corrected chi connectivity index (χ0v) is 12.6. The van der Waals surface area contributed by atoms with E-state index < -0.39 is 8.07 Å². The second-order valence-corrected chi connectivity index (χ2v) is 10.2. The summed E-state index contributed by atoms with van der Waals surface area (Å²) in [6.07, 6.45) is 0. The van der Waals surface area contributed by atoms with Gasteiger partial charge >= 0.3 is 0 Å². The number of methoxy groups -OCH3 is 1. The molecule has 0 saturated carbocycles. The van der Waals surface area contributed by atoms with Crippen molar-refractivity contribution in [3.63, 3.8) is 0 Å². The van der Waals surface area contributed by atoms with Gasteiger partial charge in [0.15, 0.2) is 0 Å². The van der Waals surface area contributed by atoms with E-state index in [4.69, 9.17) is 10.5 Å². The number of ether oxygens (including phenoxy) is 1. The maximum Gasteiger partial charge on any atom is 0.129 e. The van der Waals surface area contributed by atoms with Crippen LogP contribution in [0.5, 0.6) is 5.75 Å². The molecule has 0 atom stereocenters. The molecule has 2 N–H and O–H groups in total. The number of anilines is 1. The van der Waals surface area contributed by atoms with E-state index in [1.54, 1.807) is 7.11 Å². The molecule has 0 unspecified atom stereocenters. The lowest BCUT2D eigenvalue weighted by Gasteiger charge is -2.07. The molecule has 0 aliphatic heterocycles. The third kappa shape index (κ3) is 3.58. The van der Waals surface area contributed by atoms with Crippen LogP contribution in [0.15, 0.2) is 16.6 Å². The summed E-state index contributed by atoms with van der Waals surface area (Å²) in [7, 11) is 0.252. The first kappa shape index (κ1) is 13.1. The van der Waals surface area contributed by atoms with Gasteiger partial charge in [-0.05, 0) is 28.1 Å². The highest BCUT2D eigenvalue weighted by atomic mass is 79.9. The van der Waals surface area contributed by atoms with Gasteiger partial charge in [-0.15, -0.1) is 5.54 Å². The molecule has 0 radical (unpaired) electrons. The standard InChI is InChI=1S/C12H16BrNOSi/c1-15-10-7-9(5-6-16(2,3)4)12(14)11(13)8-10/h7-8H,14H2,1-4H3. The second-order valence-electron chi connectivity index (χ2n) is 4.57. The second kappa shape index (κ2) is 4.94. The lowest BCUT2D eigenvalue weighted by Crippen LogP contribution is -2.16. The molecular formula is C12H16BrNOSi. The van der Waals surface area contributed by atoms with Crippen LogP contribution in [0.1, 0.15) is 5.56 Å². The van der Waals surface area contributed by atoms with E-state index in [0.717, 1.165) is 15.8 Å². The van der Waals surface area contributed by atoms with E-state index in [1.165, 1.54) is 0 Å². The number of hydrogen-bond donors (Lipinski definition) is 1. The van der Waals surface area contributed by atoms with Gasteiger partial charge < -0.3 is 10.5 Å². The lowest BCUT2D eigenvalue weighted by molar-refractivity contribution is 0.414. The monoisotopic (exact) mass is 297 g/mol. The van der Waals surface area contributed by atoms with Crippen LogP contribution < -0.4 is 10.5 Å². The molecule has 0 saturated heterocycles. The molecule has 0 aromatic heterocycles. The number of hydrogen-bond acceptors (Lipinski definition) is 2. The van der Waals surface area contributed by atoms with E-state index in [1.807, 2.05) is 12.1 Å². The highest BCUT2D eigenvalue weighted by Gasteiger charge is 2.09. The van der Waals surface area contributed by atoms with Crippen molar-refractivity contribution in [1.29, 1.82) is 0 Å². The molecule has 16 heavy (non-hydrogen) atoms. The first-order chi connectivity index (χ1) is 7.33. The van der Waals surface area contributed by atoms with Gasteiger partial charge in [0.1, 0.15) is 13.8 Å². The quantitative estimate of drug-likeness (QED) is 0.490. The van der Waals surface area contributed by atoms with Crippen LogP contribution in [-0.2, 0) is 0 Å². The minimum atomic E-state index is -1.38. The van der Waals surface area contributed by atoms with Crippen molar-refractivity contribution < 1.29 is 4.74 Å². The minimum Gasteiger partial charge on any atom is -0.497 e. The Balaban J connectivity index is 3.21. The summed E-state index contributed by atoms with van der Waals surface area (Å²) in [5.41, 5.74) is 10.7. The molecule has 4 heteroatoms. The summed E-state index contributed by atoms with van der Waals surface area (Å²) in [6, 6.07) is 3.71. The van der Waals surface area contributed by atoms with Crippen LogP contribution in [0.3, 0.4) is 0 Å². The normalized spacial score (nSPS) is 10.6. The van der Waals surface area contributed by atoms with Crippen molar-refractivity contribution in [2.24, 2.45) is 0 Å². The van der Waals surface area contributed by atoms with E-state index in [2.05, 4.69) is 47.0 Å². The van der Waals surface area contributed by atoms with Crippen molar-refractivity contribution in [3.05, 3.63) is 22.2 Å². The molecule has 0 amide bonds. The van der Waals surface area contributed by atoms with Crippen molar-refractivity contribution in [3.8, 4) is 17.2 Å². The third-order valence-corrected chi connectivity index (χ3v) is 3.44. The summed E-state index contributed by atoms with van der Waals surface area (Å²) >= 11 is 3.40. The Morgan fingerprint density at radius 3 is 2.44 bits per heavy atom. The predicted octanol–water partition coefficient (Wildman–Crippen LogP) is 3.27. The molecule has 0 aliphatic rings. The van der Waals surface area contributed by atoms with Crippen molar-refractivity contribution in [2.45, 2.75) is 19.6 Å². The smallest absolute Gasteiger partial charge is 0.129 e. The fraction of sp³-hybridized carbons (Fsp3) is 0.333. The van der Waals surface area contributed by atoms with Crippen LogP contribution in [0, 0.1) is 11.5 Å². The van der Waals surface area contributed by atoms with Crippen LogP contribution in [0.4, 0.5) is 5.69 Å². The summed E-state index contributed by atoms with van der Waals surface area (Å²) in [5.74, 6) is 3.91. The van der Waals surface area contributed by atoms with Crippen molar-refractivity contribution in [1.82, 2.24) is 0 Å². The average molecular weight is 298 g/mol.